The average molecular weight is 312 g/mol. The van der Waals surface area contributed by atoms with Crippen molar-refractivity contribution in [3.05, 3.63) is 28.2 Å². The normalized spacial score (nSPS) is 17.9. The molecule has 0 amide bonds. The molecule has 1 aromatic rings. The minimum absolute atomic E-state index is 0.715. The van der Waals surface area contributed by atoms with E-state index in [-0.39, 0.29) is 0 Å². The summed E-state index contributed by atoms with van der Waals surface area (Å²) in [7, 11) is 0. The second-order valence-corrected chi connectivity index (χ2v) is 5.97. The van der Waals surface area contributed by atoms with E-state index in [1.54, 1.807) is 0 Å². The SMILES string of the molecule is CCOc1c(Br)cccc1CN1CCC(C)CC1. The highest BCUT2D eigenvalue weighted by atomic mass is 79.9. The van der Waals surface area contributed by atoms with E-state index in [0.717, 1.165) is 22.7 Å². The van der Waals surface area contributed by atoms with Crippen LogP contribution in [-0.4, -0.2) is 24.6 Å². The van der Waals surface area contributed by atoms with Crippen molar-refractivity contribution in [2.24, 2.45) is 5.92 Å². The Balaban J connectivity index is 2.06. The molecule has 1 fully saturated rings. The lowest BCUT2D eigenvalue weighted by atomic mass is 9.99. The summed E-state index contributed by atoms with van der Waals surface area (Å²) in [5.41, 5.74) is 1.29. The Morgan fingerprint density at radius 2 is 2.06 bits per heavy atom. The molecule has 1 saturated heterocycles. The van der Waals surface area contributed by atoms with E-state index in [0.29, 0.717) is 6.61 Å². The van der Waals surface area contributed by atoms with Crippen LogP contribution in [0.3, 0.4) is 0 Å². The zero-order chi connectivity index (χ0) is 13.0. The molecule has 2 nitrogen and oxygen atoms in total. The highest BCUT2D eigenvalue weighted by Gasteiger charge is 2.17. The van der Waals surface area contributed by atoms with Gasteiger partial charge >= 0.3 is 0 Å². The predicted molar refractivity (Wildman–Crippen MR) is 79.0 cm³/mol. The monoisotopic (exact) mass is 311 g/mol. The second-order valence-electron chi connectivity index (χ2n) is 5.12. The number of nitrogens with zero attached hydrogens (tertiary/aromatic N) is 1. The predicted octanol–water partition coefficient (Wildman–Crippen LogP) is 4.08. The van der Waals surface area contributed by atoms with Gasteiger partial charge in [-0.3, -0.25) is 4.90 Å². The molecule has 0 unspecified atom stereocenters. The fourth-order valence-corrected chi connectivity index (χ4v) is 2.97. The molecule has 0 aliphatic carbocycles. The van der Waals surface area contributed by atoms with Crippen molar-refractivity contribution in [1.82, 2.24) is 4.90 Å². The summed E-state index contributed by atoms with van der Waals surface area (Å²) in [6.45, 7) is 8.51. The van der Waals surface area contributed by atoms with Crippen LogP contribution >= 0.6 is 15.9 Å². The topological polar surface area (TPSA) is 12.5 Å². The van der Waals surface area contributed by atoms with Gasteiger partial charge in [-0.1, -0.05) is 19.1 Å². The molecule has 1 aliphatic rings. The van der Waals surface area contributed by atoms with Crippen LogP contribution in [-0.2, 0) is 6.54 Å². The van der Waals surface area contributed by atoms with Crippen molar-refractivity contribution in [3.8, 4) is 5.75 Å². The second kappa shape index (κ2) is 6.58. The minimum atomic E-state index is 0.715. The van der Waals surface area contributed by atoms with Gasteiger partial charge in [-0.15, -0.1) is 0 Å². The first kappa shape index (κ1) is 13.9. The standard InChI is InChI=1S/C15H22BrNO/c1-3-18-15-13(5-4-6-14(15)16)11-17-9-7-12(2)8-10-17/h4-6,12H,3,7-11H2,1-2H3. The van der Waals surface area contributed by atoms with Gasteiger partial charge in [0.05, 0.1) is 11.1 Å². The molecule has 0 atom stereocenters. The van der Waals surface area contributed by atoms with E-state index in [4.69, 9.17) is 4.74 Å². The summed E-state index contributed by atoms with van der Waals surface area (Å²) in [6, 6.07) is 6.31. The van der Waals surface area contributed by atoms with Gasteiger partial charge in [0.15, 0.2) is 0 Å². The summed E-state index contributed by atoms with van der Waals surface area (Å²) in [5.74, 6) is 1.90. The van der Waals surface area contributed by atoms with Crippen LogP contribution in [0.5, 0.6) is 5.75 Å². The van der Waals surface area contributed by atoms with Crippen LogP contribution in [0.4, 0.5) is 0 Å². The van der Waals surface area contributed by atoms with Gasteiger partial charge in [0.2, 0.25) is 0 Å². The van der Waals surface area contributed by atoms with Crippen LogP contribution in [0.25, 0.3) is 0 Å². The van der Waals surface area contributed by atoms with Gasteiger partial charge in [-0.25, -0.2) is 0 Å². The fraction of sp³-hybridized carbons (Fsp3) is 0.600. The molecule has 0 aromatic heterocycles. The lowest BCUT2D eigenvalue weighted by Crippen LogP contribution is -2.32. The molecule has 1 aliphatic heterocycles. The molecule has 0 saturated carbocycles. The van der Waals surface area contributed by atoms with Gasteiger partial charge in [-0.05, 0) is 60.8 Å². The smallest absolute Gasteiger partial charge is 0.137 e. The number of rotatable bonds is 4. The molecule has 0 radical (unpaired) electrons. The van der Waals surface area contributed by atoms with Crippen LogP contribution in [0, 0.1) is 5.92 Å². The number of halogens is 1. The molecule has 1 heterocycles. The van der Waals surface area contributed by atoms with Crippen molar-refractivity contribution in [2.75, 3.05) is 19.7 Å². The fourth-order valence-electron chi connectivity index (χ4n) is 2.45. The molecule has 100 valence electrons. The zero-order valence-corrected chi connectivity index (χ0v) is 12.9. The van der Waals surface area contributed by atoms with E-state index in [9.17, 15) is 0 Å². The third-order valence-electron chi connectivity index (χ3n) is 3.61. The van der Waals surface area contributed by atoms with Gasteiger partial charge in [0.25, 0.3) is 0 Å². The number of ether oxygens (including phenoxy) is 1. The van der Waals surface area contributed by atoms with E-state index < -0.39 is 0 Å². The molecule has 1 aromatic carbocycles. The number of piperidine rings is 1. The number of benzene rings is 1. The summed E-state index contributed by atoms with van der Waals surface area (Å²) in [5, 5.41) is 0. The lowest BCUT2D eigenvalue weighted by molar-refractivity contribution is 0.182. The average Bonchev–Trinajstić information content (AvgIpc) is 2.36. The Bertz CT molecular complexity index is 386. The van der Waals surface area contributed by atoms with Crippen molar-refractivity contribution < 1.29 is 4.74 Å². The van der Waals surface area contributed by atoms with Crippen LogP contribution in [0.1, 0.15) is 32.3 Å². The van der Waals surface area contributed by atoms with Crippen LogP contribution in [0.2, 0.25) is 0 Å². The Hall–Kier alpha value is -0.540. The quantitative estimate of drug-likeness (QED) is 0.830. The highest BCUT2D eigenvalue weighted by molar-refractivity contribution is 9.10. The summed E-state index contributed by atoms with van der Waals surface area (Å²) in [6.07, 6.45) is 2.63. The van der Waals surface area contributed by atoms with Gasteiger partial charge in [0.1, 0.15) is 5.75 Å². The molecule has 0 bridgehead atoms. The maximum absolute atomic E-state index is 5.76. The zero-order valence-electron chi connectivity index (χ0n) is 11.3. The van der Waals surface area contributed by atoms with Gasteiger partial charge in [-0.2, -0.15) is 0 Å². The van der Waals surface area contributed by atoms with Crippen molar-refractivity contribution in [2.45, 2.75) is 33.2 Å². The molecule has 3 heteroatoms. The Labute approximate surface area is 118 Å². The molecular formula is C15H22BrNO. The van der Waals surface area contributed by atoms with Crippen molar-refractivity contribution in [1.29, 1.82) is 0 Å². The number of hydrogen-bond acceptors (Lipinski definition) is 2. The first-order valence-electron chi connectivity index (χ1n) is 6.83. The third-order valence-corrected chi connectivity index (χ3v) is 4.23. The summed E-state index contributed by atoms with van der Waals surface area (Å²) >= 11 is 3.58. The number of para-hydroxylation sites is 1. The van der Waals surface area contributed by atoms with Crippen LogP contribution in [0.15, 0.2) is 22.7 Å². The molecular weight excluding hydrogens is 290 g/mol. The Kier molecular flexibility index (Phi) is 5.07. The van der Waals surface area contributed by atoms with E-state index >= 15 is 0 Å². The van der Waals surface area contributed by atoms with E-state index in [2.05, 4.69) is 39.9 Å². The Morgan fingerprint density at radius 3 is 2.72 bits per heavy atom. The van der Waals surface area contributed by atoms with E-state index in [1.807, 2.05) is 13.0 Å². The largest absolute Gasteiger partial charge is 0.492 e. The van der Waals surface area contributed by atoms with E-state index in [1.165, 1.54) is 31.5 Å². The minimum Gasteiger partial charge on any atom is -0.492 e. The molecule has 0 spiro atoms. The first-order chi connectivity index (χ1) is 8.70. The first-order valence-corrected chi connectivity index (χ1v) is 7.62. The van der Waals surface area contributed by atoms with Gasteiger partial charge in [0, 0.05) is 12.1 Å². The van der Waals surface area contributed by atoms with Crippen molar-refractivity contribution >= 4 is 15.9 Å². The maximum atomic E-state index is 5.76. The summed E-state index contributed by atoms with van der Waals surface area (Å²) < 4.78 is 6.82. The van der Waals surface area contributed by atoms with Crippen LogP contribution < -0.4 is 4.74 Å². The van der Waals surface area contributed by atoms with Gasteiger partial charge < -0.3 is 4.74 Å². The van der Waals surface area contributed by atoms with Crippen molar-refractivity contribution in [3.63, 3.8) is 0 Å². The summed E-state index contributed by atoms with van der Waals surface area (Å²) in [4.78, 5) is 2.53. The third kappa shape index (κ3) is 3.48. The number of likely N-dealkylation sites (tertiary alicyclic amines) is 1. The number of hydrogen-bond donors (Lipinski definition) is 0. The Morgan fingerprint density at radius 1 is 1.33 bits per heavy atom. The molecule has 0 N–H and O–H groups in total. The molecule has 2 rings (SSSR count). The maximum Gasteiger partial charge on any atom is 0.137 e. The lowest BCUT2D eigenvalue weighted by Gasteiger charge is -2.30. The molecule has 18 heavy (non-hydrogen) atoms. The highest BCUT2D eigenvalue weighted by Crippen LogP contribution is 2.30.